The average molecular weight is 362 g/mol. The minimum Gasteiger partial charge on any atom is -0.434 e. The van der Waals surface area contributed by atoms with E-state index in [1.54, 1.807) is 22.6 Å². The Bertz CT molecular complexity index is 435. The highest BCUT2D eigenvalue weighted by Crippen LogP contribution is 2.33. The quantitative estimate of drug-likeness (QED) is 0.459. The summed E-state index contributed by atoms with van der Waals surface area (Å²) in [5.41, 5.74) is -0.654. The molecule has 7 heteroatoms. The monoisotopic (exact) mass is 362 g/mol. The maximum atomic E-state index is 12.6. The van der Waals surface area contributed by atoms with Crippen molar-refractivity contribution >= 4 is 28.4 Å². The van der Waals surface area contributed by atoms with Crippen molar-refractivity contribution in [3.63, 3.8) is 0 Å². The number of benzene rings is 1. The van der Waals surface area contributed by atoms with Crippen molar-refractivity contribution in [1.82, 2.24) is 0 Å². The second-order valence-corrected chi connectivity index (χ2v) is 4.27. The molecule has 0 amide bonds. The van der Waals surface area contributed by atoms with Gasteiger partial charge in [0.15, 0.2) is 5.78 Å². The number of ether oxygens (including phenoxy) is 1. The lowest BCUT2D eigenvalue weighted by Crippen LogP contribution is -2.07. The first kappa shape index (κ1) is 14.2. The van der Waals surface area contributed by atoms with Crippen molar-refractivity contribution in [1.29, 1.82) is 0 Å². The predicted octanol–water partition coefficient (Wildman–Crippen LogP) is 4.03. The third-order valence-corrected chi connectivity index (χ3v) is 2.82. The lowest BCUT2D eigenvalue weighted by molar-refractivity contribution is -0.0520. The molecule has 0 aromatic heterocycles. The Morgan fingerprint density at radius 1 is 1.29 bits per heavy atom. The van der Waals surface area contributed by atoms with Crippen LogP contribution in [0.5, 0.6) is 5.75 Å². The molecule has 0 aliphatic rings. The molecule has 1 aromatic rings. The minimum atomic E-state index is -3.19. The molecule has 0 saturated heterocycles. The standard InChI is InChI=1S/C10H7F4IO2/c1-4(16)5-2-6(9(11)12)8(3-7(5)15)17-10(13)14/h2-3,9-10H,1H3. The molecule has 0 N–H and O–H groups in total. The van der Waals surface area contributed by atoms with Crippen LogP contribution in [0, 0.1) is 3.57 Å². The number of alkyl halides is 4. The molecule has 17 heavy (non-hydrogen) atoms. The summed E-state index contributed by atoms with van der Waals surface area (Å²) in [5.74, 6) is -1.02. The van der Waals surface area contributed by atoms with Crippen LogP contribution >= 0.6 is 22.6 Å². The molecular formula is C10H7F4IO2. The van der Waals surface area contributed by atoms with Crippen molar-refractivity contribution in [3.05, 3.63) is 26.8 Å². The van der Waals surface area contributed by atoms with Gasteiger partial charge in [0.25, 0.3) is 6.43 Å². The first-order chi connectivity index (χ1) is 7.82. The first-order valence-corrected chi connectivity index (χ1v) is 5.48. The summed E-state index contributed by atoms with van der Waals surface area (Å²) in [7, 11) is 0. The molecule has 2 nitrogen and oxygen atoms in total. The summed E-state index contributed by atoms with van der Waals surface area (Å²) in [6, 6.07) is 1.89. The molecule has 0 heterocycles. The van der Waals surface area contributed by atoms with Crippen LogP contribution in [-0.2, 0) is 0 Å². The molecule has 0 fully saturated rings. The van der Waals surface area contributed by atoms with Gasteiger partial charge in [-0.15, -0.1) is 0 Å². The number of hydrogen-bond acceptors (Lipinski definition) is 2. The number of ketones is 1. The van der Waals surface area contributed by atoms with Gasteiger partial charge in [0.2, 0.25) is 0 Å². The Morgan fingerprint density at radius 3 is 2.29 bits per heavy atom. The zero-order chi connectivity index (χ0) is 13.2. The topological polar surface area (TPSA) is 26.3 Å². The summed E-state index contributed by atoms with van der Waals surface area (Å²) in [6.45, 7) is -1.98. The number of hydrogen-bond donors (Lipinski definition) is 0. The largest absolute Gasteiger partial charge is 0.434 e. The van der Waals surface area contributed by atoms with E-state index in [4.69, 9.17) is 0 Å². The van der Waals surface area contributed by atoms with Crippen LogP contribution in [0.4, 0.5) is 17.6 Å². The Morgan fingerprint density at radius 2 is 1.88 bits per heavy atom. The molecule has 0 atom stereocenters. The number of halogens is 5. The van der Waals surface area contributed by atoms with E-state index in [9.17, 15) is 22.4 Å². The Labute approximate surface area is 108 Å². The highest BCUT2D eigenvalue weighted by molar-refractivity contribution is 14.1. The number of Topliss-reactive ketones (excluding diaryl/α,β-unsaturated/α-hetero) is 1. The lowest BCUT2D eigenvalue weighted by Gasteiger charge is -2.12. The van der Waals surface area contributed by atoms with Crippen LogP contribution in [0.3, 0.4) is 0 Å². The second kappa shape index (κ2) is 5.65. The van der Waals surface area contributed by atoms with Crippen LogP contribution < -0.4 is 4.74 Å². The maximum absolute atomic E-state index is 12.6. The number of rotatable bonds is 4. The number of carbonyl (C=O) groups is 1. The molecule has 1 aromatic carbocycles. The highest BCUT2D eigenvalue weighted by atomic mass is 127. The van der Waals surface area contributed by atoms with Crippen LogP contribution in [0.1, 0.15) is 29.3 Å². The van der Waals surface area contributed by atoms with Gasteiger partial charge in [0.1, 0.15) is 5.75 Å². The number of carbonyl (C=O) groups excluding carboxylic acids is 1. The van der Waals surface area contributed by atoms with E-state index in [-0.39, 0.29) is 9.13 Å². The van der Waals surface area contributed by atoms with E-state index in [2.05, 4.69) is 4.74 Å². The van der Waals surface area contributed by atoms with E-state index in [1.807, 2.05) is 0 Å². The zero-order valence-corrected chi connectivity index (χ0v) is 10.7. The van der Waals surface area contributed by atoms with Gasteiger partial charge in [-0.25, -0.2) is 8.78 Å². The van der Waals surface area contributed by atoms with Gasteiger partial charge in [0, 0.05) is 9.13 Å². The van der Waals surface area contributed by atoms with Crippen molar-refractivity contribution in [2.24, 2.45) is 0 Å². The Kier molecular flexibility index (Phi) is 4.72. The zero-order valence-electron chi connectivity index (χ0n) is 8.52. The molecule has 0 bridgehead atoms. The van der Waals surface area contributed by atoms with E-state index >= 15 is 0 Å². The molecule has 0 spiro atoms. The van der Waals surface area contributed by atoms with Gasteiger partial charge in [-0.1, -0.05) is 0 Å². The van der Waals surface area contributed by atoms with Crippen molar-refractivity contribution < 1.29 is 27.1 Å². The molecule has 1 rings (SSSR count). The smallest absolute Gasteiger partial charge is 0.387 e. The van der Waals surface area contributed by atoms with Crippen LogP contribution in [0.25, 0.3) is 0 Å². The summed E-state index contributed by atoms with van der Waals surface area (Å²) in [5, 5.41) is 0. The fraction of sp³-hybridized carbons (Fsp3) is 0.300. The van der Waals surface area contributed by atoms with Crippen LogP contribution in [0.15, 0.2) is 12.1 Å². The van der Waals surface area contributed by atoms with Gasteiger partial charge < -0.3 is 4.74 Å². The summed E-state index contributed by atoms with van der Waals surface area (Å²) in [6.07, 6.45) is -2.99. The molecule has 0 aliphatic carbocycles. The lowest BCUT2D eigenvalue weighted by atomic mass is 10.1. The maximum Gasteiger partial charge on any atom is 0.387 e. The second-order valence-electron chi connectivity index (χ2n) is 3.11. The van der Waals surface area contributed by atoms with Crippen molar-refractivity contribution in [3.8, 4) is 5.75 Å². The average Bonchev–Trinajstić information content (AvgIpc) is 2.15. The van der Waals surface area contributed by atoms with Gasteiger partial charge in [0.05, 0.1) is 5.56 Å². The Balaban J connectivity index is 3.30. The normalized spacial score (nSPS) is 11.1. The van der Waals surface area contributed by atoms with Gasteiger partial charge >= 0.3 is 6.61 Å². The summed E-state index contributed by atoms with van der Waals surface area (Å²) < 4.78 is 53.5. The highest BCUT2D eigenvalue weighted by Gasteiger charge is 2.21. The van der Waals surface area contributed by atoms with Gasteiger partial charge in [-0.05, 0) is 41.6 Å². The first-order valence-electron chi connectivity index (χ1n) is 4.40. The van der Waals surface area contributed by atoms with Gasteiger partial charge in [-0.2, -0.15) is 8.78 Å². The van der Waals surface area contributed by atoms with Gasteiger partial charge in [-0.3, -0.25) is 4.79 Å². The third-order valence-electron chi connectivity index (χ3n) is 1.93. The molecule has 0 aliphatic heterocycles. The summed E-state index contributed by atoms with van der Waals surface area (Å²) in [4.78, 5) is 11.1. The SMILES string of the molecule is CC(=O)c1cc(C(F)F)c(OC(F)F)cc1I. The molecule has 94 valence electrons. The van der Waals surface area contributed by atoms with E-state index in [0.29, 0.717) is 0 Å². The molecule has 0 unspecified atom stereocenters. The molecule has 0 radical (unpaired) electrons. The van der Waals surface area contributed by atoms with Crippen molar-refractivity contribution in [2.45, 2.75) is 20.0 Å². The minimum absolute atomic E-state index is 0.0579. The van der Waals surface area contributed by atoms with E-state index < -0.39 is 30.1 Å². The third kappa shape index (κ3) is 3.55. The fourth-order valence-electron chi connectivity index (χ4n) is 1.21. The predicted molar refractivity (Wildman–Crippen MR) is 60.8 cm³/mol. The summed E-state index contributed by atoms with van der Waals surface area (Å²) >= 11 is 1.70. The van der Waals surface area contributed by atoms with Crippen molar-refractivity contribution in [2.75, 3.05) is 0 Å². The molecule has 0 saturated carbocycles. The van der Waals surface area contributed by atoms with Crippen LogP contribution in [-0.4, -0.2) is 12.4 Å². The van der Waals surface area contributed by atoms with E-state index in [0.717, 1.165) is 12.1 Å². The van der Waals surface area contributed by atoms with Crippen LogP contribution in [0.2, 0.25) is 0 Å². The Hall–Kier alpha value is -0.860. The fourth-order valence-corrected chi connectivity index (χ4v) is 2.03. The van der Waals surface area contributed by atoms with E-state index in [1.165, 1.54) is 6.92 Å². The molecular weight excluding hydrogens is 355 g/mol.